The van der Waals surface area contributed by atoms with Gasteiger partial charge in [0.2, 0.25) is 0 Å². The Morgan fingerprint density at radius 1 is 1.10 bits per heavy atom. The lowest BCUT2D eigenvalue weighted by atomic mass is 9.79. The molecule has 1 N–H and O–H groups in total. The van der Waals surface area contributed by atoms with E-state index in [0.717, 1.165) is 16.7 Å². The Morgan fingerprint density at radius 2 is 1.72 bits per heavy atom. The molecule has 4 rings (SSSR count). The van der Waals surface area contributed by atoms with Crippen molar-refractivity contribution in [3.8, 4) is 17.3 Å². The summed E-state index contributed by atoms with van der Waals surface area (Å²) in [6.07, 6.45) is 1.22. The monoisotopic (exact) mass is 399 g/mol. The van der Waals surface area contributed by atoms with Crippen LogP contribution in [-0.4, -0.2) is 65.6 Å². The van der Waals surface area contributed by atoms with Gasteiger partial charge in [-0.15, -0.1) is 0 Å². The third-order valence-corrected chi connectivity index (χ3v) is 5.75. The van der Waals surface area contributed by atoms with E-state index in [4.69, 9.17) is 18.8 Å². The molecule has 0 spiro atoms. The molecule has 0 unspecified atom stereocenters. The summed E-state index contributed by atoms with van der Waals surface area (Å²) in [6, 6.07) is 8.03. The van der Waals surface area contributed by atoms with Crippen molar-refractivity contribution >= 4 is 18.7 Å². The van der Waals surface area contributed by atoms with E-state index in [1.54, 1.807) is 11.1 Å². The second-order valence-electron chi connectivity index (χ2n) is 8.28. The van der Waals surface area contributed by atoms with E-state index in [9.17, 15) is 4.79 Å². The van der Waals surface area contributed by atoms with Gasteiger partial charge in [0, 0.05) is 13.1 Å². The summed E-state index contributed by atoms with van der Waals surface area (Å²) >= 11 is 0. The van der Waals surface area contributed by atoms with E-state index in [1.807, 2.05) is 52.0 Å². The summed E-state index contributed by atoms with van der Waals surface area (Å²) in [5.41, 5.74) is 1.88. The van der Waals surface area contributed by atoms with Gasteiger partial charge in [-0.25, -0.2) is 9.78 Å². The summed E-state index contributed by atoms with van der Waals surface area (Å²) < 4.78 is 22.7. The first-order chi connectivity index (χ1) is 13.7. The van der Waals surface area contributed by atoms with Crippen LogP contribution >= 0.6 is 0 Å². The van der Waals surface area contributed by atoms with Gasteiger partial charge in [-0.3, -0.25) is 0 Å². The molecule has 0 aliphatic carbocycles. The van der Waals surface area contributed by atoms with Crippen molar-refractivity contribution in [1.29, 1.82) is 0 Å². The van der Waals surface area contributed by atoms with E-state index >= 15 is 0 Å². The van der Waals surface area contributed by atoms with Gasteiger partial charge in [0.15, 0.2) is 0 Å². The first-order valence-electron chi connectivity index (χ1n) is 9.81. The van der Waals surface area contributed by atoms with Gasteiger partial charge in [-0.2, -0.15) is 0 Å². The highest BCUT2D eigenvalue weighted by atomic mass is 16.7. The van der Waals surface area contributed by atoms with Gasteiger partial charge in [0.05, 0.1) is 36.3 Å². The molecule has 8 nitrogen and oxygen atoms in total. The van der Waals surface area contributed by atoms with E-state index in [-0.39, 0.29) is 17.2 Å². The number of amides is 1. The molecule has 9 heteroatoms. The quantitative estimate of drug-likeness (QED) is 0.797. The maximum Gasteiger partial charge on any atom is 0.494 e. The Bertz CT molecular complexity index is 858. The molecular weight excluding hydrogens is 373 g/mol. The third-order valence-electron chi connectivity index (χ3n) is 5.75. The number of carbonyl (C=O) groups is 1. The highest BCUT2D eigenvalue weighted by molar-refractivity contribution is 6.62. The largest absolute Gasteiger partial charge is 0.494 e. The molecule has 2 saturated heterocycles. The third kappa shape index (κ3) is 4.03. The zero-order valence-corrected chi connectivity index (χ0v) is 17.2. The number of aromatic nitrogens is 2. The number of rotatable bonds is 3. The van der Waals surface area contributed by atoms with E-state index in [0.29, 0.717) is 26.3 Å². The number of hydrogen-bond donors (Lipinski definition) is 1. The second kappa shape index (κ2) is 7.48. The van der Waals surface area contributed by atoms with Crippen LogP contribution in [0, 0.1) is 0 Å². The normalized spacial score (nSPS) is 20.7. The van der Waals surface area contributed by atoms with Crippen molar-refractivity contribution in [2.24, 2.45) is 0 Å². The van der Waals surface area contributed by atoms with Gasteiger partial charge < -0.3 is 28.7 Å². The first kappa shape index (κ1) is 19.9. The first-order valence-corrected chi connectivity index (χ1v) is 9.81. The number of morpholine rings is 1. The molecule has 1 aromatic carbocycles. The number of H-pyrrole nitrogens is 1. The fourth-order valence-corrected chi connectivity index (χ4v) is 3.19. The topological polar surface area (TPSA) is 85.9 Å². The van der Waals surface area contributed by atoms with Crippen LogP contribution in [0.25, 0.3) is 11.3 Å². The minimum absolute atomic E-state index is 0.173. The van der Waals surface area contributed by atoms with E-state index in [1.165, 1.54) is 0 Å². The molecule has 3 heterocycles. The molecule has 2 aliphatic rings. The van der Waals surface area contributed by atoms with Crippen LogP contribution in [0.3, 0.4) is 0 Å². The van der Waals surface area contributed by atoms with Crippen LogP contribution in [0.1, 0.15) is 27.7 Å². The maximum absolute atomic E-state index is 12.2. The van der Waals surface area contributed by atoms with Gasteiger partial charge >= 0.3 is 19.2 Å². The zero-order chi connectivity index (χ0) is 20.6. The van der Waals surface area contributed by atoms with Crippen LogP contribution < -0.4 is 10.2 Å². The molecular formula is C20H26BN3O5. The number of ether oxygens (including phenoxy) is 2. The Hall–Kier alpha value is -2.36. The Kier molecular flexibility index (Phi) is 5.14. The van der Waals surface area contributed by atoms with Gasteiger partial charge in [0.1, 0.15) is 0 Å². The lowest BCUT2D eigenvalue weighted by Crippen LogP contribution is -2.42. The average Bonchev–Trinajstić information content (AvgIpc) is 3.24. The van der Waals surface area contributed by atoms with Crippen molar-refractivity contribution in [2.75, 3.05) is 26.3 Å². The second-order valence-corrected chi connectivity index (χ2v) is 8.28. The molecule has 29 heavy (non-hydrogen) atoms. The zero-order valence-electron chi connectivity index (χ0n) is 17.2. The SMILES string of the molecule is CC1(C)OB(c2ccc(-c3cnc(OC(=O)N4CCOCC4)[nH]3)cc2)OC1(C)C. The molecule has 2 aromatic rings. The highest BCUT2D eigenvalue weighted by Crippen LogP contribution is 2.36. The van der Waals surface area contributed by atoms with Crippen LogP contribution in [0.15, 0.2) is 30.5 Å². The summed E-state index contributed by atoms with van der Waals surface area (Å²) in [6.45, 7) is 10.2. The summed E-state index contributed by atoms with van der Waals surface area (Å²) in [5.74, 6) is 0. The molecule has 2 aliphatic heterocycles. The van der Waals surface area contributed by atoms with Gasteiger partial charge in [-0.1, -0.05) is 24.3 Å². The van der Waals surface area contributed by atoms with Crippen molar-refractivity contribution in [2.45, 2.75) is 38.9 Å². The summed E-state index contributed by atoms with van der Waals surface area (Å²) in [7, 11) is -0.402. The lowest BCUT2D eigenvalue weighted by Gasteiger charge is -2.32. The van der Waals surface area contributed by atoms with Crippen molar-refractivity contribution < 1.29 is 23.6 Å². The molecule has 1 amide bonds. The summed E-state index contributed by atoms with van der Waals surface area (Å²) in [4.78, 5) is 21.0. The number of nitrogens with one attached hydrogen (secondary N) is 1. The maximum atomic E-state index is 12.2. The Balaban J connectivity index is 1.42. The van der Waals surface area contributed by atoms with Crippen LogP contribution in [-0.2, 0) is 14.0 Å². The standard InChI is InChI=1S/C20H26BN3O5/c1-19(2)20(3,4)29-21(28-19)15-7-5-14(6-8-15)16-13-22-17(23-16)27-18(25)24-9-11-26-12-10-24/h5-8,13H,9-12H2,1-4H3,(H,22,23). The van der Waals surface area contributed by atoms with Gasteiger partial charge in [0.25, 0.3) is 0 Å². The highest BCUT2D eigenvalue weighted by Gasteiger charge is 2.51. The predicted octanol–water partition coefficient (Wildman–Crippen LogP) is 2.21. The minimum atomic E-state index is -0.426. The Morgan fingerprint density at radius 3 is 2.34 bits per heavy atom. The molecule has 1 aromatic heterocycles. The molecule has 0 radical (unpaired) electrons. The fraction of sp³-hybridized carbons (Fsp3) is 0.500. The minimum Gasteiger partial charge on any atom is -0.399 e. The Labute approximate surface area is 170 Å². The van der Waals surface area contributed by atoms with Crippen molar-refractivity contribution in [3.05, 3.63) is 30.5 Å². The number of aromatic amines is 1. The fourth-order valence-electron chi connectivity index (χ4n) is 3.19. The van der Waals surface area contributed by atoms with E-state index in [2.05, 4.69) is 9.97 Å². The molecule has 154 valence electrons. The van der Waals surface area contributed by atoms with E-state index < -0.39 is 13.2 Å². The lowest BCUT2D eigenvalue weighted by molar-refractivity contribution is 0.00578. The number of carbonyl (C=O) groups excluding carboxylic acids is 1. The predicted molar refractivity (Wildman–Crippen MR) is 108 cm³/mol. The van der Waals surface area contributed by atoms with Crippen LogP contribution in [0.5, 0.6) is 6.01 Å². The molecule has 0 saturated carbocycles. The smallest absolute Gasteiger partial charge is 0.399 e. The molecule has 0 bridgehead atoms. The van der Waals surface area contributed by atoms with Crippen LogP contribution in [0.2, 0.25) is 0 Å². The molecule has 2 fully saturated rings. The average molecular weight is 399 g/mol. The van der Waals surface area contributed by atoms with Crippen LogP contribution in [0.4, 0.5) is 4.79 Å². The van der Waals surface area contributed by atoms with Gasteiger partial charge in [-0.05, 0) is 38.7 Å². The number of nitrogens with zero attached hydrogens (tertiary/aromatic N) is 2. The number of benzene rings is 1. The molecule has 0 atom stereocenters. The number of imidazole rings is 1. The summed E-state index contributed by atoms with van der Waals surface area (Å²) in [5, 5.41) is 0. The van der Waals surface area contributed by atoms with Crippen molar-refractivity contribution in [3.63, 3.8) is 0 Å². The van der Waals surface area contributed by atoms with Crippen molar-refractivity contribution in [1.82, 2.24) is 14.9 Å². The number of hydrogen-bond acceptors (Lipinski definition) is 6.